The fourth-order valence-corrected chi connectivity index (χ4v) is 24.3. The monoisotopic (exact) mass is 1200 g/mol. The Morgan fingerprint density at radius 2 is 1.49 bits per heavy atom. The lowest BCUT2D eigenvalue weighted by molar-refractivity contribution is -0.367. The minimum absolute atomic E-state index is 0.0785. The molecule has 6 saturated carbocycles. The Kier molecular flexibility index (Phi) is 14.6. The van der Waals surface area contributed by atoms with Gasteiger partial charge in [-0.3, -0.25) is 4.79 Å². The lowest BCUT2D eigenvalue weighted by Gasteiger charge is -2.76. The van der Waals surface area contributed by atoms with E-state index in [4.69, 9.17) is 9.47 Å². The van der Waals surface area contributed by atoms with Gasteiger partial charge in [-0.2, -0.15) is 0 Å². The van der Waals surface area contributed by atoms with E-state index in [0.717, 1.165) is 63.4 Å². The molecule has 5 aromatic carbocycles. The Hall–Kier alpha value is -5.78. The van der Waals surface area contributed by atoms with Crippen LogP contribution in [0.2, 0.25) is 0 Å². The van der Waals surface area contributed by atoms with E-state index in [0.29, 0.717) is 56.3 Å². The van der Waals surface area contributed by atoms with Crippen LogP contribution >= 0.6 is 0 Å². The molecule has 0 amide bonds. The molecule has 0 radical (unpaired) electrons. The summed E-state index contributed by atoms with van der Waals surface area (Å²) in [6.07, 6.45) is 24.2. The van der Waals surface area contributed by atoms with Crippen LogP contribution in [0.25, 0.3) is 10.8 Å². The molecule has 90 heavy (non-hydrogen) atoms. The van der Waals surface area contributed by atoms with Gasteiger partial charge in [-0.25, -0.2) is 4.79 Å². The highest BCUT2D eigenvalue weighted by molar-refractivity contribution is 5.93. The van der Waals surface area contributed by atoms with Crippen molar-refractivity contribution in [2.45, 2.75) is 215 Å². The molecule has 16 rings (SSSR count). The van der Waals surface area contributed by atoms with E-state index in [-0.39, 0.29) is 65.4 Å². The van der Waals surface area contributed by atoms with Gasteiger partial charge in [0.15, 0.2) is 0 Å². The van der Waals surface area contributed by atoms with Crippen molar-refractivity contribution in [3.63, 3.8) is 0 Å². The minimum atomic E-state index is -1.86. The Bertz CT molecular complexity index is 3710. The van der Waals surface area contributed by atoms with Crippen molar-refractivity contribution >= 4 is 22.7 Å². The van der Waals surface area contributed by atoms with Crippen molar-refractivity contribution in [3.8, 4) is 11.8 Å². The average molecular weight is 1210 g/mol. The maximum Gasteiger partial charge on any atom is 0.331 e. The molecule has 0 aromatic heterocycles. The van der Waals surface area contributed by atoms with Crippen LogP contribution in [0.3, 0.4) is 0 Å². The van der Waals surface area contributed by atoms with Crippen LogP contribution in [0.4, 0.5) is 0 Å². The number of esters is 2. The third-order valence-corrected chi connectivity index (χ3v) is 28.1. The van der Waals surface area contributed by atoms with Crippen LogP contribution in [0.15, 0.2) is 145 Å². The Morgan fingerprint density at radius 1 is 0.711 bits per heavy atom. The van der Waals surface area contributed by atoms with Gasteiger partial charge in [-0.1, -0.05) is 185 Å². The second kappa shape index (κ2) is 22.2. The van der Waals surface area contributed by atoms with Gasteiger partial charge in [-0.05, 0) is 230 Å². The van der Waals surface area contributed by atoms with Crippen LogP contribution in [0.5, 0.6) is 0 Å². The van der Waals surface area contributed by atoms with Crippen molar-refractivity contribution in [2.75, 3.05) is 6.61 Å². The van der Waals surface area contributed by atoms with Crippen LogP contribution in [-0.2, 0) is 37.3 Å². The van der Waals surface area contributed by atoms with E-state index in [1.54, 1.807) is 22.8 Å². The van der Waals surface area contributed by atoms with Gasteiger partial charge in [0.1, 0.15) is 18.3 Å². The molecule has 3 N–H and O–H groups in total. The topological polar surface area (TPSA) is 113 Å². The zero-order valence-corrected chi connectivity index (χ0v) is 53.7. The van der Waals surface area contributed by atoms with Crippen molar-refractivity contribution in [1.29, 1.82) is 0 Å². The molecule has 7 nitrogen and oxygen atoms in total. The fourth-order valence-electron chi connectivity index (χ4n) is 24.3. The first-order valence-electron chi connectivity index (χ1n) is 35.7. The number of carbonyl (C=O) groups excluding carboxylic acids is 2. The minimum Gasteiger partial charge on any atom is -0.462 e. The first kappa shape index (κ1) is 59.2. The van der Waals surface area contributed by atoms with Gasteiger partial charge in [0.25, 0.3) is 0 Å². The first-order valence-corrected chi connectivity index (χ1v) is 35.7. The summed E-state index contributed by atoms with van der Waals surface area (Å²) in [5.41, 5.74) is 3.06. The number of aliphatic hydroxyl groups is 3. The maximum absolute atomic E-state index is 16.1. The third-order valence-electron chi connectivity index (χ3n) is 28.1. The summed E-state index contributed by atoms with van der Waals surface area (Å²) in [5, 5.41) is 47.3. The Balaban J connectivity index is 0.845. The highest BCUT2D eigenvalue weighted by Crippen LogP contribution is 2.79. The van der Waals surface area contributed by atoms with Crippen molar-refractivity contribution in [3.05, 3.63) is 179 Å². The van der Waals surface area contributed by atoms with Crippen LogP contribution < -0.4 is 0 Å². The van der Waals surface area contributed by atoms with Gasteiger partial charge >= 0.3 is 11.9 Å². The molecule has 0 unspecified atom stereocenters. The van der Waals surface area contributed by atoms with Crippen molar-refractivity contribution in [2.24, 2.45) is 69.0 Å². The van der Waals surface area contributed by atoms with Gasteiger partial charge in [-0.15, -0.1) is 0 Å². The molecule has 7 heteroatoms. The number of fused-ring (bicyclic) bond motifs is 5. The zero-order chi connectivity index (χ0) is 61.4. The number of aliphatic hydroxyl groups excluding tert-OH is 1. The highest BCUT2D eigenvalue weighted by Gasteiger charge is 2.83. The second-order valence-corrected chi connectivity index (χ2v) is 32.1. The normalized spacial score (nSPS) is 41.3. The zero-order valence-electron chi connectivity index (χ0n) is 53.7. The first-order chi connectivity index (χ1) is 43.6. The summed E-state index contributed by atoms with van der Waals surface area (Å²) in [7, 11) is 0. The number of rotatable bonds is 13. The van der Waals surface area contributed by atoms with E-state index < -0.39 is 57.4 Å². The number of ether oxygens (including phenoxy) is 2. The molecule has 470 valence electrons. The number of benzene rings is 5. The van der Waals surface area contributed by atoms with E-state index in [1.807, 2.05) is 6.08 Å². The van der Waals surface area contributed by atoms with Crippen molar-refractivity contribution in [1.82, 2.24) is 0 Å². The fraction of sp³-hybridized carbons (Fsp3) is 0.566. The van der Waals surface area contributed by atoms with Gasteiger partial charge in [0.2, 0.25) is 0 Å². The average Bonchev–Trinajstić information content (AvgIpc) is 0.687. The molecule has 20 atom stereocenters. The van der Waals surface area contributed by atoms with Crippen LogP contribution in [0.1, 0.15) is 207 Å². The number of hydrogen-bond donors (Lipinski definition) is 3. The van der Waals surface area contributed by atoms with E-state index in [2.05, 4.69) is 160 Å². The van der Waals surface area contributed by atoms with E-state index >= 15 is 15.0 Å². The number of cyclic esters (lactones) is 1. The highest BCUT2D eigenvalue weighted by atomic mass is 16.5. The summed E-state index contributed by atoms with van der Waals surface area (Å²) >= 11 is 0. The summed E-state index contributed by atoms with van der Waals surface area (Å²) in [4.78, 5) is 28.9. The van der Waals surface area contributed by atoms with E-state index in [9.17, 15) is 9.90 Å². The number of aryl methyl sites for hydroxylation is 1. The smallest absolute Gasteiger partial charge is 0.331 e. The molecular weight excluding hydrogens is 1110 g/mol. The standard InChI is InChI=1S/C83H96O7/c1-53(17-15-22-54-18-7-4-8-19-54)45-63-32-30-58-29-28-56(46-55-20-9-5-10-21-55)47-66(58)76(86)90-69-51-77(2)43-44-81(63,87)83(82(77,88)42-34-57-48-71(85)89-52-57)70(84)37-39-78(3,75(69)83)62-36-41-79-40-35-60-50-80(61-24-11-6-12-25-61)38-14-13-27-67(80)65-33-31-59-23-16-26-64(68(79)49-62)72(59)73(65)74(60)79/h4-12,16,18-21,23-26,31,33,43-44,48,53,56,58,60,62-63,66-70,74-75,84,87-88H,13-15,17,22,27-29,34-42,45-47,49-52H2,1-3H3/t53-,56-,58-,60-,62-,63+,66-,67-,68+,69-,70+,74-,75+,77+,78+,79+,80+,81+,82-,83+/m1/s1. The molecule has 2 aliphatic heterocycles. The van der Waals surface area contributed by atoms with E-state index in [1.165, 1.54) is 72.4 Å². The van der Waals surface area contributed by atoms with Crippen LogP contribution in [0, 0.1) is 80.8 Å². The van der Waals surface area contributed by atoms with Gasteiger partial charge in [0, 0.05) is 28.7 Å². The van der Waals surface area contributed by atoms with Crippen molar-refractivity contribution < 1.29 is 34.4 Å². The number of carbonyl (C=O) groups is 2. The molecule has 2 spiro atoms. The Labute approximate surface area is 535 Å². The van der Waals surface area contributed by atoms with Gasteiger partial charge < -0.3 is 24.8 Å². The summed E-state index contributed by atoms with van der Waals surface area (Å²) in [5.74, 6) is 7.39. The molecular formula is C83H96O7. The molecule has 2 heterocycles. The molecule has 0 saturated heterocycles. The third kappa shape index (κ3) is 8.80. The predicted octanol–water partition coefficient (Wildman–Crippen LogP) is 16.6. The molecule has 11 aliphatic rings. The molecule has 9 aliphatic carbocycles. The quantitative estimate of drug-likeness (QED) is 0.0611. The number of hydrogen-bond acceptors (Lipinski definition) is 7. The van der Waals surface area contributed by atoms with Crippen LogP contribution in [-0.4, -0.2) is 57.3 Å². The second-order valence-electron chi connectivity index (χ2n) is 32.1. The summed E-state index contributed by atoms with van der Waals surface area (Å²) in [6.45, 7) is 7.04. The SMILES string of the molecule is C[C@H](CCCc1ccccc1)C[C@@H]1C#C[C@H]2CC[C@H](Cc3ccccc3)C[C@H]2C(=O)O[C@@H]2C[C@]3(C)C=C[C@@]1(O)[C@@]1([C@@H](O)CC[C@@](C)([C@@H]4CC[C@]56CC[C@@H]7C[C@]8(c9ccccc9)CCCC[C@@H]8c8ccc9cccc(c9c8[C@@H]75)[C@@H]6C4)[C@H]21)[C@@]3(O)CCC1=CC(=O)OC1. The van der Waals surface area contributed by atoms with Gasteiger partial charge in [0.05, 0.1) is 29.0 Å². The maximum atomic E-state index is 16.1. The Morgan fingerprint density at radius 3 is 2.28 bits per heavy atom. The molecule has 5 aromatic rings. The lowest BCUT2D eigenvalue weighted by atomic mass is 9.30. The summed E-state index contributed by atoms with van der Waals surface area (Å²) < 4.78 is 13.1. The molecule has 3 bridgehead atoms. The summed E-state index contributed by atoms with van der Waals surface area (Å²) in [6, 6.07) is 45.4. The molecule has 6 fully saturated rings. The lowest BCUT2D eigenvalue weighted by Crippen LogP contribution is -2.84. The largest absolute Gasteiger partial charge is 0.462 e. The predicted molar refractivity (Wildman–Crippen MR) is 354 cm³/mol.